The highest BCUT2D eigenvalue weighted by Crippen LogP contribution is 2.38. The van der Waals surface area contributed by atoms with Gasteiger partial charge in [0.15, 0.2) is 0 Å². The summed E-state index contributed by atoms with van der Waals surface area (Å²) >= 11 is 0. The van der Waals surface area contributed by atoms with Crippen LogP contribution in [0.1, 0.15) is 11.1 Å². The van der Waals surface area contributed by atoms with Crippen molar-refractivity contribution in [1.82, 2.24) is 15.0 Å². The third kappa shape index (κ3) is 4.83. The minimum atomic E-state index is -0.374. The van der Waals surface area contributed by atoms with Crippen LogP contribution in [-0.4, -0.2) is 20.9 Å². The maximum absolute atomic E-state index is 13.5. The van der Waals surface area contributed by atoms with Crippen LogP contribution in [0.3, 0.4) is 0 Å². The number of hydrogen-bond acceptors (Lipinski definition) is 6. The van der Waals surface area contributed by atoms with Crippen LogP contribution in [0, 0.1) is 12.7 Å². The van der Waals surface area contributed by atoms with Crippen LogP contribution in [0.15, 0.2) is 85.2 Å². The van der Waals surface area contributed by atoms with E-state index < -0.39 is 0 Å². The van der Waals surface area contributed by atoms with Crippen molar-refractivity contribution >= 4 is 28.3 Å². The van der Waals surface area contributed by atoms with Gasteiger partial charge >= 0.3 is 0 Å². The van der Waals surface area contributed by atoms with Gasteiger partial charge < -0.3 is 15.8 Å². The summed E-state index contributed by atoms with van der Waals surface area (Å²) in [6, 6.07) is 20.8. The number of aryl methyl sites for hydroxylation is 1. The van der Waals surface area contributed by atoms with E-state index in [1.165, 1.54) is 12.1 Å². The van der Waals surface area contributed by atoms with Crippen LogP contribution in [0.4, 0.5) is 16.0 Å². The summed E-state index contributed by atoms with van der Waals surface area (Å²) in [7, 11) is 0. The zero-order valence-corrected chi connectivity index (χ0v) is 19.4. The predicted octanol–water partition coefficient (Wildman–Crippen LogP) is 5.70. The van der Waals surface area contributed by atoms with Crippen molar-refractivity contribution in [3.63, 3.8) is 0 Å². The van der Waals surface area contributed by atoms with Gasteiger partial charge in [0.05, 0.1) is 17.7 Å². The summed E-state index contributed by atoms with van der Waals surface area (Å²) in [4.78, 5) is 25.4. The number of anilines is 2. The maximum atomic E-state index is 13.5. The molecule has 1 amide bonds. The number of ether oxygens (including phenoxy) is 1. The van der Waals surface area contributed by atoms with E-state index in [0.717, 1.165) is 16.3 Å². The molecule has 0 atom stereocenters. The Hall–Kier alpha value is -4.85. The average molecular weight is 480 g/mol. The molecule has 2 heterocycles. The number of nitrogens with two attached hydrogens (primary N) is 1. The molecule has 0 aliphatic carbocycles. The van der Waals surface area contributed by atoms with Crippen LogP contribution >= 0.6 is 0 Å². The Kier molecular flexibility index (Phi) is 6.23. The molecule has 0 fully saturated rings. The van der Waals surface area contributed by atoms with Crippen molar-refractivity contribution < 1.29 is 13.9 Å². The smallest absolute Gasteiger partial charge is 0.228 e. The number of rotatable bonds is 6. The number of fused-ring (bicyclic) bond motifs is 1. The number of carbonyl (C=O) groups excluding carboxylic acids is 1. The van der Waals surface area contributed by atoms with Crippen LogP contribution in [-0.2, 0) is 11.2 Å². The molecule has 0 aliphatic rings. The van der Waals surface area contributed by atoms with Crippen LogP contribution in [0.5, 0.6) is 11.6 Å². The van der Waals surface area contributed by atoms with E-state index in [9.17, 15) is 9.18 Å². The molecule has 0 radical (unpaired) electrons. The number of aromatic nitrogens is 3. The highest BCUT2D eigenvalue weighted by Gasteiger charge is 2.16. The molecule has 8 heteroatoms. The first-order valence-corrected chi connectivity index (χ1v) is 11.3. The van der Waals surface area contributed by atoms with Crippen LogP contribution in [0.25, 0.3) is 22.0 Å². The molecule has 0 bridgehead atoms. The number of halogens is 1. The number of benzene rings is 3. The van der Waals surface area contributed by atoms with Gasteiger partial charge in [-0.05, 0) is 54.4 Å². The summed E-state index contributed by atoms with van der Waals surface area (Å²) in [5.74, 6) is 0.510. The SMILES string of the molecule is Cc1ccc2c(NC(=O)Cc3cccc(F)c3)cccc2c1Oc1ncccc1-c1ccnc(N)n1. The van der Waals surface area contributed by atoms with E-state index in [1.54, 1.807) is 36.7 Å². The summed E-state index contributed by atoms with van der Waals surface area (Å²) < 4.78 is 19.9. The fourth-order valence-corrected chi connectivity index (χ4v) is 4.00. The zero-order chi connectivity index (χ0) is 25.1. The average Bonchev–Trinajstić information content (AvgIpc) is 2.86. The van der Waals surface area contributed by atoms with Gasteiger partial charge in [0, 0.05) is 28.9 Å². The van der Waals surface area contributed by atoms with Crippen molar-refractivity contribution in [2.24, 2.45) is 0 Å². The minimum Gasteiger partial charge on any atom is -0.437 e. The lowest BCUT2D eigenvalue weighted by atomic mass is 10.0. The van der Waals surface area contributed by atoms with Gasteiger partial charge in [-0.25, -0.2) is 19.3 Å². The second-order valence-corrected chi connectivity index (χ2v) is 8.23. The van der Waals surface area contributed by atoms with Gasteiger partial charge in [-0.2, -0.15) is 0 Å². The predicted molar refractivity (Wildman–Crippen MR) is 137 cm³/mol. The Morgan fingerprint density at radius 1 is 0.972 bits per heavy atom. The molecule has 36 heavy (non-hydrogen) atoms. The van der Waals surface area contributed by atoms with E-state index in [2.05, 4.69) is 20.3 Å². The number of hydrogen-bond donors (Lipinski definition) is 2. The molecule has 2 aromatic heterocycles. The second kappa shape index (κ2) is 9.79. The maximum Gasteiger partial charge on any atom is 0.228 e. The lowest BCUT2D eigenvalue weighted by Gasteiger charge is -2.16. The monoisotopic (exact) mass is 479 g/mol. The molecule has 3 aromatic carbocycles. The molecule has 0 saturated heterocycles. The number of pyridine rings is 1. The molecule has 0 unspecified atom stereocenters. The zero-order valence-electron chi connectivity index (χ0n) is 19.4. The number of nitrogens with zero attached hydrogens (tertiary/aromatic N) is 3. The number of nitrogen functional groups attached to an aromatic ring is 1. The summed E-state index contributed by atoms with van der Waals surface area (Å²) in [5.41, 5.74) is 9.15. The fraction of sp³-hybridized carbons (Fsp3) is 0.0714. The molecule has 0 spiro atoms. The Bertz CT molecular complexity index is 1590. The molecule has 5 rings (SSSR count). The van der Waals surface area contributed by atoms with Crippen LogP contribution in [0.2, 0.25) is 0 Å². The Labute approximate surface area is 206 Å². The summed E-state index contributed by atoms with van der Waals surface area (Å²) in [5, 5.41) is 4.55. The molecular weight excluding hydrogens is 457 g/mol. The Morgan fingerprint density at radius 3 is 2.67 bits per heavy atom. The Morgan fingerprint density at radius 2 is 1.83 bits per heavy atom. The molecule has 178 valence electrons. The highest BCUT2D eigenvalue weighted by molar-refractivity contribution is 6.05. The van der Waals surface area contributed by atoms with Crippen molar-refractivity contribution in [2.45, 2.75) is 13.3 Å². The van der Waals surface area contributed by atoms with Gasteiger partial charge in [0.25, 0.3) is 0 Å². The van der Waals surface area contributed by atoms with E-state index >= 15 is 0 Å². The van der Waals surface area contributed by atoms with E-state index in [1.807, 2.05) is 43.3 Å². The molecule has 5 aromatic rings. The molecule has 0 aliphatic heterocycles. The third-order valence-corrected chi connectivity index (χ3v) is 5.66. The topological polar surface area (TPSA) is 103 Å². The highest BCUT2D eigenvalue weighted by atomic mass is 19.1. The lowest BCUT2D eigenvalue weighted by Crippen LogP contribution is -2.14. The fourth-order valence-electron chi connectivity index (χ4n) is 4.00. The summed E-state index contributed by atoms with van der Waals surface area (Å²) in [6.45, 7) is 1.94. The molecule has 7 nitrogen and oxygen atoms in total. The third-order valence-electron chi connectivity index (χ3n) is 5.66. The van der Waals surface area contributed by atoms with E-state index in [0.29, 0.717) is 34.1 Å². The van der Waals surface area contributed by atoms with Crippen molar-refractivity contribution in [1.29, 1.82) is 0 Å². The van der Waals surface area contributed by atoms with Crippen LogP contribution < -0.4 is 15.8 Å². The lowest BCUT2D eigenvalue weighted by molar-refractivity contribution is -0.115. The van der Waals surface area contributed by atoms with Gasteiger partial charge in [-0.15, -0.1) is 0 Å². The van der Waals surface area contributed by atoms with E-state index in [4.69, 9.17) is 10.5 Å². The standard InChI is InChI=1S/C28H22FN5O2/c1-17-10-11-20-21(7-3-9-23(20)33-25(35)16-18-5-2-6-19(29)15-18)26(17)36-27-22(8-4-13-31-27)24-12-14-32-28(30)34-24/h2-15H,16H2,1H3,(H,33,35)(H2,30,32,34). The van der Waals surface area contributed by atoms with Crippen molar-refractivity contribution in [3.05, 3.63) is 102 Å². The van der Waals surface area contributed by atoms with Crippen molar-refractivity contribution in [2.75, 3.05) is 11.1 Å². The van der Waals surface area contributed by atoms with Gasteiger partial charge in [-0.1, -0.05) is 36.4 Å². The normalized spacial score (nSPS) is 10.8. The number of nitrogens with one attached hydrogen (secondary N) is 1. The first-order chi connectivity index (χ1) is 17.5. The molecular formula is C28H22FN5O2. The largest absolute Gasteiger partial charge is 0.437 e. The number of amides is 1. The van der Waals surface area contributed by atoms with Gasteiger partial charge in [-0.3, -0.25) is 4.79 Å². The minimum absolute atomic E-state index is 0.0583. The quantitative estimate of drug-likeness (QED) is 0.324. The summed E-state index contributed by atoms with van der Waals surface area (Å²) in [6.07, 6.45) is 3.28. The molecule has 3 N–H and O–H groups in total. The molecule has 0 saturated carbocycles. The van der Waals surface area contributed by atoms with Crippen molar-refractivity contribution in [3.8, 4) is 22.9 Å². The Balaban J connectivity index is 1.49. The first-order valence-electron chi connectivity index (χ1n) is 11.3. The van der Waals surface area contributed by atoms with E-state index in [-0.39, 0.29) is 24.1 Å². The second-order valence-electron chi connectivity index (χ2n) is 8.23. The number of carbonyl (C=O) groups is 1. The van der Waals surface area contributed by atoms with Gasteiger partial charge in [0.1, 0.15) is 11.6 Å². The van der Waals surface area contributed by atoms with Gasteiger partial charge in [0.2, 0.25) is 17.7 Å². The first kappa shape index (κ1) is 22.9.